The van der Waals surface area contributed by atoms with Gasteiger partial charge in [0.25, 0.3) is 11.1 Å². The Balaban J connectivity index is 1.52. The molecule has 0 bridgehead atoms. The second-order valence-corrected chi connectivity index (χ2v) is 8.02. The Morgan fingerprint density at radius 3 is 2.93 bits per heavy atom. The number of fused-ring (bicyclic) bond motifs is 2. The third kappa shape index (κ3) is 3.25. The molecule has 0 atom stereocenters. The number of rotatable bonds is 5. The highest BCUT2D eigenvalue weighted by atomic mass is 32.2. The SMILES string of the molecule is CCc1nn2c(=O)cc(CSc3nc(-c4ccco4)nc4cc(=O)[nH]n34)nc2s1. The van der Waals surface area contributed by atoms with Gasteiger partial charge in [-0.15, -0.1) is 0 Å². The van der Waals surface area contributed by atoms with Crippen LogP contribution in [0.1, 0.15) is 17.6 Å². The largest absolute Gasteiger partial charge is 0.461 e. The van der Waals surface area contributed by atoms with Crippen LogP contribution in [0.5, 0.6) is 0 Å². The number of aromatic amines is 1. The predicted octanol–water partition coefficient (Wildman–Crippen LogP) is 2.00. The molecule has 5 rings (SSSR count). The molecule has 5 aromatic rings. The van der Waals surface area contributed by atoms with Crippen molar-refractivity contribution >= 4 is 33.7 Å². The van der Waals surface area contributed by atoms with E-state index >= 15 is 0 Å². The van der Waals surface area contributed by atoms with Crippen molar-refractivity contribution in [2.24, 2.45) is 0 Å². The van der Waals surface area contributed by atoms with Crippen molar-refractivity contribution in [2.45, 2.75) is 24.3 Å². The number of aromatic nitrogens is 7. The average Bonchev–Trinajstić information content (AvgIpc) is 3.44. The summed E-state index contributed by atoms with van der Waals surface area (Å²) in [6, 6.07) is 6.34. The number of thioether (sulfide) groups is 1. The average molecular weight is 427 g/mol. The topological polar surface area (TPSA) is 123 Å². The van der Waals surface area contributed by atoms with Crippen LogP contribution in [0.2, 0.25) is 0 Å². The van der Waals surface area contributed by atoms with Crippen molar-refractivity contribution in [2.75, 3.05) is 0 Å². The van der Waals surface area contributed by atoms with E-state index < -0.39 is 0 Å². The van der Waals surface area contributed by atoms with E-state index in [0.717, 1.165) is 11.4 Å². The predicted molar refractivity (Wildman–Crippen MR) is 107 cm³/mol. The lowest BCUT2D eigenvalue weighted by molar-refractivity contribution is 0.574. The molecule has 0 fully saturated rings. The molecule has 29 heavy (non-hydrogen) atoms. The number of nitrogens with one attached hydrogen (secondary N) is 1. The van der Waals surface area contributed by atoms with E-state index in [1.807, 2.05) is 6.92 Å². The molecule has 5 aromatic heterocycles. The molecule has 0 aliphatic heterocycles. The Morgan fingerprint density at radius 1 is 1.24 bits per heavy atom. The van der Waals surface area contributed by atoms with Crippen LogP contribution >= 0.6 is 23.1 Å². The lowest BCUT2D eigenvalue weighted by Gasteiger charge is -2.06. The van der Waals surface area contributed by atoms with Crippen molar-refractivity contribution in [3.05, 3.63) is 61.9 Å². The summed E-state index contributed by atoms with van der Waals surface area (Å²) in [4.78, 5) is 38.1. The van der Waals surface area contributed by atoms with Gasteiger partial charge in [-0.2, -0.15) is 14.6 Å². The zero-order chi connectivity index (χ0) is 20.0. The van der Waals surface area contributed by atoms with Crippen LogP contribution in [0, 0.1) is 0 Å². The van der Waals surface area contributed by atoms with E-state index in [1.54, 1.807) is 12.1 Å². The third-order valence-corrected chi connectivity index (χ3v) is 6.08. The van der Waals surface area contributed by atoms with Crippen molar-refractivity contribution in [1.29, 1.82) is 0 Å². The summed E-state index contributed by atoms with van der Waals surface area (Å²) in [5.74, 6) is 1.25. The summed E-state index contributed by atoms with van der Waals surface area (Å²) in [5, 5.41) is 8.29. The van der Waals surface area contributed by atoms with Crippen LogP contribution in [-0.4, -0.2) is 34.2 Å². The van der Waals surface area contributed by atoms with Crippen molar-refractivity contribution in [3.63, 3.8) is 0 Å². The second kappa shape index (κ2) is 6.97. The van der Waals surface area contributed by atoms with E-state index in [2.05, 4.69) is 25.1 Å². The maximum absolute atomic E-state index is 12.3. The Kier molecular flexibility index (Phi) is 4.28. The first kappa shape index (κ1) is 17.8. The molecule has 0 saturated heterocycles. The first-order valence-electron chi connectivity index (χ1n) is 8.66. The molecular formula is C17H13N7O3S2. The number of furan rings is 1. The van der Waals surface area contributed by atoms with Gasteiger partial charge < -0.3 is 4.42 Å². The maximum atomic E-state index is 12.3. The Labute approximate surface area is 170 Å². The summed E-state index contributed by atoms with van der Waals surface area (Å²) in [6.45, 7) is 1.98. The fraction of sp³-hybridized carbons (Fsp3) is 0.176. The van der Waals surface area contributed by atoms with Crippen LogP contribution in [-0.2, 0) is 12.2 Å². The molecule has 0 aromatic carbocycles. The zero-order valence-corrected chi connectivity index (χ0v) is 16.7. The number of hydrogen-bond donors (Lipinski definition) is 1. The standard InChI is InChI=1S/C17H13N7O3S2/c1-2-13-22-24-14(26)6-9(18-17(24)29-13)8-28-16-20-15(10-4-3-5-27-10)19-11-7-12(25)21-23(11)16/h3-7H,2,8H2,1H3,(H,21,25). The van der Waals surface area contributed by atoms with E-state index in [9.17, 15) is 9.59 Å². The van der Waals surface area contributed by atoms with Gasteiger partial charge in [0.15, 0.2) is 22.4 Å². The van der Waals surface area contributed by atoms with Crippen LogP contribution in [0.4, 0.5) is 0 Å². The monoisotopic (exact) mass is 427 g/mol. The highest BCUT2D eigenvalue weighted by Gasteiger charge is 2.14. The molecule has 0 aliphatic rings. The van der Waals surface area contributed by atoms with Gasteiger partial charge in [-0.05, 0) is 18.6 Å². The fourth-order valence-electron chi connectivity index (χ4n) is 2.75. The van der Waals surface area contributed by atoms with Gasteiger partial charge in [0.05, 0.1) is 12.0 Å². The van der Waals surface area contributed by atoms with Crippen LogP contribution in [0.3, 0.4) is 0 Å². The summed E-state index contributed by atoms with van der Waals surface area (Å²) >= 11 is 2.73. The molecule has 5 heterocycles. The number of H-pyrrole nitrogens is 1. The molecule has 0 aliphatic carbocycles. The third-order valence-electron chi connectivity index (χ3n) is 4.06. The highest BCUT2D eigenvalue weighted by Crippen LogP contribution is 2.24. The van der Waals surface area contributed by atoms with Crippen molar-refractivity contribution in [1.82, 2.24) is 34.2 Å². The first-order valence-corrected chi connectivity index (χ1v) is 10.5. The van der Waals surface area contributed by atoms with Gasteiger partial charge >= 0.3 is 0 Å². The second-order valence-electron chi connectivity index (χ2n) is 6.04. The zero-order valence-electron chi connectivity index (χ0n) is 15.0. The number of aryl methyl sites for hydroxylation is 1. The van der Waals surface area contributed by atoms with Crippen molar-refractivity contribution < 1.29 is 4.42 Å². The van der Waals surface area contributed by atoms with Gasteiger partial charge in [-0.1, -0.05) is 30.0 Å². The van der Waals surface area contributed by atoms with Gasteiger partial charge in [0, 0.05) is 17.9 Å². The molecule has 1 N–H and O–H groups in total. The van der Waals surface area contributed by atoms with Crippen molar-refractivity contribution in [3.8, 4) is 11.6 Å². The van der Waals surface area contributed by atoms with Crippen LogP contribution in [0.25, 0.3) is 22.2 Å². The molecule has 12 heteroatoms. The fourth-order valence-corrected chi connectivity index (χ4v) is 4.45. The minimum absolute atomic E-state index is 0.222. The number of hydrogen-bond acceptors (Lipinski definition) is 9. The number of nitrogens with zero attached hydrogens (tertiary/aromatic N) is 6. The minimum atomic E-state index is -0.285. The maximum Gasteiger partial charge on any atom is 0.275 e. The van der Waals surface area contributed by atoms with E-state index in [0.29, 0.717) is 38.8 Å². The summed E-state index contributed by atoms with van der Waals surface area (Å²) < 4.78 is 8.20. The summed E-state index contributed by atoms with van der Waals surface area (Å²) in [7, 11) is 0. The van der Waals surface area contributed by atoms with E-state index in [-0.39, 0.29) is 11.1 Å². The quantitative estimate of drug-likeness (QED) is 0.423. The molecule has 146 valence electrons. The van der Waals surface area contributed by atoms with Gasteiger partial charge in [0.1, 0.15) is 5.01 Å². The van der Waals surface area contributed by atoms with Gasteiger partial charge in [-0.25, -0.2) is 14.5 Å². The molecular weight excluding hydrogens is 414 g/mol. The van der Waals surface area contributed by atoms with Gasteiger partial charge in [0.2, 0.25) is 4.96 Å². The highest BCUT2D eigenvalue weighted by molar-refractivity contribution is 7.98. The lowest BCUT2D eigenvalue weighted by atomic mass is 10.4. The Hall–Kier alpha value is -3.25. The minimum Gasteiger partial charge on any atom is -0.461 e. The lowest BCUT2D eigenvalue weighted by Crippen LogP contribution is -2.15. The molecule has 0 radical (unpaired) electrons. The molecule has 0 saturated carbocycles. The summed E-state index contributed by atoms with van der Waals surface area (Å²) in [5.41, 5.74) is 0.525. The van der Waals surface area contributed by atoms with Gasteiger partial charge in [-0.3, -0.25) is 14.7 Å². The smallest absolute Gasteiger partial charge is 0.275 e. The normalized spacial score (nSPS) is 11.6. The molecule has 10 nitrogen and oxygen atoms in total. The molecule has 0 amide bonds. The molecule has 0 spiro atoms. The van der Waals surface area contributed by atoms with Crippen LogP contribution < -0.4 is 11.1 Å². The molecule has 0 unspecified atom stereocenters. The van der Waals surface area contributed by atoms with E-state index in [1.165, 1.54) is 50.5 Å². The Morgan fingerprint density at radius 2 is 2.14 bits per heavy atom. The first-order chi connectivity index (χ1) is 14.1. The van der Waals surface area contributed by atoms with Crippen LogP contribution in [0.15, 0.2) is 49.7 Å². The Bertz CT molecular complexity index is 1450. The van der Waals surface area contributed by atoms with E-state index in [4.69, 9.17) is 4.42 Å². The summed E-state index contributed by atoms with van der Waals surface area (Å²) in [6.07, 6.45) is 2.28.